The van der Waals surface area contributed by atoms with Crippen LogP contribution in [0, 0.1) is 23.0 Å². The molecule has 1 aromatic heterocycles. The maximum atomic E-state index is 11.3. The van der Waals surface area contributed by atoms with Crippen molar-refractivity contribution in [3.8, 4) is 0 Å². The maximum Gasteiger partial charge on any atom is 0.326 e. The number of aryl methyl sites for hydroxylation is 1. The number of aliphatic carboxylic acids is 1. The Bertz CT molecular complexity index is 532. The summed E-state index contributed by atoms with van der Waals surface area (Å²) >= 11 is 0. The van der Waals surface area contributed by atoms with Crippen LogP contribution >= 0.6 is 0 Å². The van der Waals surface area contributed by atoms with Crippen LogP contribution in [0.2, 0.25) is 0 Å². The predicted molar refractivity (Wildman–Crippen MR) is 68.2 cm³/mol. The third-order valence-corrected chi connectivity index (χ3v) is 3.51. The van der Waals surface area contributed by atoms with Gasteiger partial charge in [0.05, 0.1) is 4.92 Å². The summed E-state index contributed by atoms with van der Waals surface area (Å²) in [7, 11) is 0. The van der Waals surface area contributed by atoms with Gasteiger partial charge in [0, 0.05) is 12.1 Å². The van der Waals surface area contributed by atoms with Gasteiger partial charge >= 0.3 is 5.97 Å². The van der Waals surface area contributed by atoms with E-state index in [0.29, 0.717) is 17.9 Å². The van der Waals surface area contributed by atoms with Gasteiger partial charge in [-0.25, -0.2) is 9.78 Å². The highest BCUT2D eigenvalue weighted by molar-refractivity contribution is 5.79. The Kier molecular flexibility index (Phi) is 3.37. The van der Waals surface area contributed by atoms with E-state index in [9.17, 15) is 20.0 Å². The van der Waals surface area contributed by atoms with E-state index in [-0.39, 0.29) is 11.6 Å². The van der Waals surface area contributed by atoms with Crippen molar-refractivity contribution in [3.05, 3.63) is 27.9 Å². The van der Waals surface area contributed by atoms with Gasteiger partial charge in [0.1, 0.15) is 18.1 Å². The van der Waals surface area contributed by atoms with E-state index in [1.165, 1.54) is 6.20 Å². The molecular formula is C12H15N3O4. The van der Waals surface area contributed by atoms with E-state index >= 15 is 0 Å². The quantitative estimate of drug-likeness (QED) is 0.658. The Labute approximate surface area is 110 Å². The second-order valence-electron chi connectivity index (χ2n) is 4.83. The average molecular weight is 265 g/mol. The van der Waals surface area contributed by atoms with E-state index in [2.05, 4.69) is 4.98 Å². The summed E-state index contributed by atoms with van der Waals surface area (Å²) in [6.45, 7) is 4.11. The molecule has 0 aliphatic carbocycles. The minimum atomic E-state index is -0.886. The molecule has 7 heteroatoms. The van der Waals surface area contributed by atoms with Crippen LogP contribution in [0.1, 0.15) is 18.9 Å². The molecule has 1 aliphatic heterocycles. The number of aromatic nitrogens is 1. The molecule has 2 atom stereocenters. The Morgan fingerprint density at radius 2 is 2.32 bits per heavy atom. The normalized spacial score (nSPS) is 22.5. The molecule has 0 bridgehead atoms. The van der Waals surface area contributed by atoms with Crippen LogP contribution < -0.4 is 4.90 Å². The first-order chi connectivity index (χ1) is 8.91. The molecule has 0 aromatic carbocycles. The fourth-order valence-electron chi connectivity index (χ4n) is 2.46. The zero-order valence-corrected chi connectivity index (χ0v) is 10.7. The van der Waals surface area contributed by atoms with Crippen LogP contribution in [0.25, 0.3) is 0 Å². The van der Waals surface area contributed by atoms with E-state index < -0.39 is 16.9 Å². The van der Waals surface area contributed by atoms with Gasteiger partial charge < -0.3 is 10.0 Å². The zero-order valence-electron chi connectivity index (χ0n) is 10.7. The number of nitro groups is 1. The van der Waals surface area contributed by atoms with E-state index in [1.54, 1.807) is 17.9 Å². The van der Waals surface area contributed by atoms with Crippen molar-refractivity contribution >= 4 is 17.5 Å². The Morgan fingerprint density at radius 1 is 1.63 bits per heavy atom. The SMILES string of the molecule is Cc1cc(N2CCC(C)C2C(=O)O)ncc1[N+](=O)[O-]. The highest BCUT2D eigenvalue weighted by Crippen LogP contribution is 2.30. The number of pyridine rings is 1. The van der Waals surface area contributed by atoms with Gasteiger partial charge in [-0.1, -0.05) is 6.92 Å². The summed E-state index contributed by atoms with van der Waals surface area (Å²) < 4.78 is 0. The van der Waals surface area contributed by atoms with Crippen LogP contribution in [0.3, 0.4) is 0 Å². The summed E-state index contributed by atoms with van der Waals surface area (Å²) in [5, 5.41) is 20.0. The molecule has 2 rings (SSSR count). The fraction of sp³-hybridized carbons (Fsp3) is 0.500. The molecule has 1 saturated heterocycles. The summed E-state index contributed by atoms with van der Waals surface area (Å²) in [5.74, 6) is -0.363. The molecule has 1 fully saturated rings. The molecule has 0 saturated carbocycles. The van der Waals surface area contributed by atoms with Crippen LogP contribution in [0.4, 0.5) is 11.5 Å². The number of carbonyl (C=O) groups is 1. The Morgan fingerprint density at radius 3 is 2.84 bits per heavy atom. The van der Waals surface area contributed by atoms with E-state index in [0.717, 1.165) is 6.42 Å². The Hall–Kier alpha value is -2.18. The molecule has 1 aromatic rings. The average Bonchev–Trinajstić information content (AvgIpc) is 2.70. The maximum absolute atomic E-state index is 11.3. The van der Waals surface area contributed by atoms with Crippen molar-refractivity contribution in [2.45, 2.75) is 26.3 Å². The largest absolute Gasteiger partial charge is 0.480 e. The molecule has 102 valence electrons. The monoisotopic (exact) mass is 265 g/mol. The minimum absolute atomic E-state index is 0.0369. The van der Waals surface area contributed by atoms with Crippen molar-refractivity contribution in [3.63, 3.8) is 0 Å². The summed E-state index contributed by atoms with van der Waals surface area (Å²) in [6.07, 6.45) is 1.96. The minimum Gasteiger partial charge on any atom is -0.480 e. The first kappa shape index (κ1) is 13.3. The van der Waals surface area contributed by atoms with Crippen LogP contribution in [-0.4, -0.2) is 33.6 Å². The first-order valence-corrected chi connectivity index (χ1v) is 6.02. The topological polar surface area (TPSA) is 96.6 Å². The van der Waals surface area contributed by atoms with E-state index in [1.807, 2.05) is 6.92 Å². The van der Waals surface area contributed by atoms with Crippen molar-refractivity contribution in [2.24, 2.45) is 5.92 Å². The molecule has 1 N–H and O–H groups in total. The highest BCUT2D eigenvalue weighted by atomic mass is 16.6. The molecular weight excluding hydrogens is 250 g/mol. The molecule has 19 heavy (non-hydrogen) atoms. The van der Waals surface area contributed by atoms with Gasteiger partial charge in [-0.15, -0.1) is 0 Å². The van der Waals surface area contributed by atoms with E-state index in [4.69, 9.17) is 0 Å². The lowest BCUT2D eigenvalue weighted by atomic mass is 10.0. The van der Waals surface area contributed by atoms with Gasteiger partial charge in [-0.05, 0) is 25.3 Å². The number of nitrogens with zero attached hydrogens (tertiary/aromatic N) is 3. The van der Waals surface area contributed by atoms with Gasteiger partial charge in [0.25, 0.3) is 5.69 Å². The van der Waals surface area contributed by atoms with Gasteiger partial charge in [0.2, 0.25) is 0 Å². The zero-order chi connectivity index (χ0) is 14.2. The number of carboxylic acid groups (broad SMARTS) is 1. The first-order valence-electron chi connectivity index (χ1n) is 6.02. The number of rotatable bonds is 3. The third kappa shape index (κ3) is 2.35. The lowest BCUT2D eigenvalue weighted by molar-refractivity contribution is -0.385. The number of carboxylic acids is 1. The van der Waals surface area contributed by atoms with Crippen LogP contribution in [-0.2, 0) is 4.79 Å². The summed E-state index contributed by atoms with van der Waals surface area (Å²) in [6, 6.07) is 0.958. The summed E-state index contributed by atoms with van der Waals surface area (Å²) in [4.78, 5) is 27.3. The van der Waals surface area contributed by atoms with Crippen molar-refractivity contribution in [1.82, 2.24) is 4.98 Å². The van der Waals surface area contributed by atoms with Gasteiger partial charge in [-0.3, -0.25) is 10.1 Å². The van der Waals surface area contributed by atoms with Gasteiger partial charge in [0.15, 0.2) is 0 Å². The third-order valence-electron chi connectivity index (χ3n) is 3.51. The van der Waals surface area contributed by atoms with Crippen LogP contribution in [0.5, 0.6) is 0 Å². The van der Waals surface area contributed by atoms with Crippen molar-refractivity contribution in [1.29, 1.82) is 0 Å². The lowest BCUT2D eigenvalue weighted by Gasteiger charge is -2.24. The molecule has 0 radical (unpaired) electrons. The second-order valence-corrected chi connectivity index (χ2v) is 4.83. The number of anilines is 1. The standard InChI is InChI=1S/C12H15N3O4/c1-7-3-4-14(11(7)12(16)17)10-5-8(2)9(6-13-10)15(18)19/h5-7,11H,3-4H2,1-2H3,(H,16,17). The fourth-order valence-corrected chi connectivity index (χ4v) is 2.46. The smallest absolute Gasteiger partial charge is 0.326 e. The molecule has 7 nitrogen and oxygen atoms in total. The molecule has 0 amide bonds. The predicted octanol–water partition coefficient (Wildman–Crippen LogP) is 1.60. The van der Waals surface area contributed by atoms with Crippen molar-refractivity contribution in [2.75, 3.05) is 11.4 Å². The molecule has 1 aliphatic rings. The highest BCUT2D eigenvalue weighted by Gasteiger charge is 2.37. The van der Waals surface area contributed by atoms with Crippen molar-refractivity contribution < 1.29 is 14.8 Å². The van der Waals surface area contributed by atoms with Gasteiger partial charge in [-0.2, -0.15) is 0 Å². The Balaban J connectivity index is 2.34. The molecule has 2 heterocycles. The lowest BCUT2D eigenvalue weighted by Crippen LogP contribution is -2.39. The second kappa shape index (κ2) is 4.83. The number of hydrogen-bond acceptors (Lipinski definition) is 5. The number of hydrogen-bond donors (Lipinski definition) is 1. The molecule has 0 spiro atoms. The summed E-state index contributed by atoms with van der Waals surface area (Å²) in [5.41, 5.74) is 0.432. The molecule has 2 unspecified atom stereocenters. The van der Waals surface area contributed by atoms with Crippen LogP contribution in [0.15, 0.2) is 12.3 Å².